The molecule has 0 aliphatic heterocycles. The minimum atomic E-state index is 0.629. The van der Waals surface area contributed by atoms with E-state index >= 15 is 0 Å². The van der Waals surface area contributed by atoms with Crippen LogP contribution in [-0.2, 0) is 0 Å². The smallest absolute Gasteiger partial charge is 0.0164 e. The van der Waals surface area contributed by atoms with Gasteiger partial charge in [0.15, 0.2) is 0 Å². The van der Waals surface area contributed by atoms with Gasteiger partial charge in [-0.2, -0.15) is 0 Å². The zero-order valence-electron chi connectivity index (χ0n) is 8.78. The van der Waals surface area contributed by atoms with Crippen molar-refractivity contribution in [1.82, 2.24) is 0 Å². The van der Waals surface area contributed by atoms with E-state index in [9.17, 15) is 0 Å². The summed E-state index contributed by atoms with van der Waals surface area (Å²) in [5, 5.41) is 2.74. The van der Waals surface area contributed by atoms with Crippen LogP contribution in [0, 0.1) is 0 Å². The normalized spacial score (nSPS) is 25.9. The zero-order chi connectivity index (χ0) is 10.7. The lowest BCUT2D eigenvalue weighted by Gasteiger charge is -2.14. The van der Waals surface area contributed by atoms with Crippen molar-refractivity contribution >= 4 is 26.7 Å². The van der Waals surface area contributed by atoms with Crippen LogP contribution in [0.25, 0.3) is 10.8 Å². The molecular weight excluding hydrogens is 260 g/mol. The van der Waals surface area contributed by atoms with E-state index < -0.39 is 0 Å². The Morgan fingerprint density at radius 3 is 2.44 bits per heavy atom. The van der Waals surface area contributed by atoms with Crippen LogP contribution in [0.2, 0.25) is 0 Å². The minimum Gasteiger partial charge on any atom is -0.0662 e. The summed E-state index contributed by atoms with van der Waals surface area (Å²) < 4.78 is 1.39. The van der Waals surface area contributed by atoms with E-state index in [2.05, 4.69) is 58.4 Å². The van der Waals surface area contributed by atoms with E-state index in [4.69, 9.17) is 0 Å². The third-order valence-corrected chi connectivity index (χ3v) is 4.73. The molecule has 0 nitrogen and oxygen atoms in total. The molecule has 78 valence electrons. The van der Waals surface area contributed by atoms with Crippen molar-refractivity contribution in [3.8, 4) is 0 Å². The number of rotatable bonds is 0. The van der Waals surface area contributed by atoms with Crippen LogP contribution in [0.15, 0.2) is 47.0 Å². The molecule has 2 aliphatic rings. The minimum absolute atomic E-state index is 0.629. The highest BCUT2D eigenvalue weighted by molar-refractivity contribution is 9.11. The summed E-state index contributed by atoms with van der Waals surface area (Å²) >= 11 is 3.69. The van der Waals surface area contributed by atoms with Gasteiger partial charge in [0.25, 0.3) is 0 Å². The highest BCUT2D eigenvalue weighted by Crippen LogP contribution is 2.54. The van der Waals surface area contributed by atoms with Gasteiger partial charge in [-0.15, -0.1) is 0 Å². The van der Waals surface area contributed by atoms with Crippen LogP contribution in [0.5, 0.6) is 0 Å². The molecule has 2 aromatic carbocycles. The average molecular weight is 271 g/mol. The van der Waals surface area contributed by atoms with Crippen LogP contribution >= 0.6 is 15.9 Å². The van der Waals surface area contributed by atoms with Crippen LogP contribution in [0.3, 0.4) is 0 Å². The quantitative estimate of drug-likeness (QED) is 0.651. The summed E-state index contributed by atoms with van der Waals surface area (Å²) in [6.07, 6.45) is 3.65. The lowest BCUT2D eigenvalue weighted by atomic mass is 9.93. The van der Waals surface area contributed by atoms with Gasteiger partial charge in [-0.1, -0.05) is 58.4 Å². The van der Waals surface area contributed by atoms with Crippen molar-refractivity contribution in [3.63, 3.8) is 0 Å². The SMILES string of the molecule is BrC1=CC2CC1c1cc3ccccc3cc12. The molecule has 0 fully saturated rings. The molecule has 0 saturated carbocycles. The Morgan fingerprint density at radius 1 is 1.00 bits per heavy atom. The molecule has 2 aromatic rings. The maximum absolute atomic E-state index is 3.69. The summed E-state index contributed by atoms with van der Waals surface area (Å²) in [6.45, 7) is 0. The molecule has 2 bridgehead atoms. The van der Waals surface area contributed by atoms with Gasteiger partial charge in [-0.05, 0) is 32.8 Å². The molecule has 16 heavy (non-hydrogen) atoms. The van der Waals surface area contributed by atoms with Gasteiger partial charge in [0.05, 0.1) is 0 Å². The van der Waals surface area contributed by atoms with Crippen molar-refractivity contribution < 1.29 is 0 Å². The summed E-state index contributed by atoms with van der Waals surface area (Å²) in [4.78, 5) is 0. The number of hydrogen-bond donors (Lipinski definition) is 0. The molecule has 0 N–H and O–H groups in total. The average Bonchev–Trinajstić information content (AvgIpc) is 2.84. The van der Waals surface area contributed by atoms with Crippen molar-refractivity contribution in [2.24, 2.45) is 0 Å². The number of halogens is 1. The Kier molecular flexibility index (Phi) is 1.68. The highest BCUT2D eigenvalue weighted by atomic mass is 79.9. The molecule has 0 heterocycles. The molecular formula is C15H11Br. The largest absolute Gasteiger partial charge is 0.0662 e. The van der Waals surface area contributed by atoms with Crippen molar-refractivity contribution in [2.75, 3.05) is 0 Å². The Hall–Kier alpha value is -1.08. The predicted octanol–water partition coefficient (Wildman–Crippen LogP) is 4.70. The summed E-state index contributed by atoms with van der Waals surface area (Å²) in [5.74, 6) is 1.28. The summed E-state index contributed by atoms with van der Waals surface area (Å²) in [7, 11) is 0. The van der Waals surface area contributed by atoms with Crippen LogP contribution in [-0.4, -0.2) is 0 Å². The van der Waals surface area contributed by atoms with E-state index in [1.54, 1.807) is 5.56 Å². The second-order valence-electron chi connectivity index (χ2n) is 4.77. The van der Waals surface area contributed by atoms with Gasteiger partial charge in [-0.3, -0.25) is 0 Å². The first-order valence-corrected chi connectivity index (χ1v) is 6.52. The number of hydrogen-bond acceptors (Lipinski definition) is 0. The van der Waals surface area contributed by atoms with Crippen LogP contribution in [0.4, 0.5) is 0 Å². The maximum Gasteiger partial charge on any atom is 0.0164 e. The Morgan fingerprint density at radius 2 is 1.69 bits per heavy atom. The lowest BCUT2D eigenvalue weighted by Crippen LogP contribution is -1.95. The van der Waals surface area contributed by atoms with E-state index in [-0.39, 0.29) is 0 Å². The topological polar surface area (TPSA) is 0 Å². The van der Waals surface area contributed by atoms with Gasteiger partial charge in [0, 0.05) is 11.8 Å². The van der Waals surface area contributed by atoms with Gasteiger partial charge in [0.1, 0.15) is 0 Å². The lowest BCUT2D eigenvalue weighted by molar-refractivity contribution is 0.802. The second-order valence-corrected chi connectivity index (χ2v) is 5.69. The van der Waals surface area contributed by atoms with Gasteiger partial charge in [0.2, 0.25) is 0 Å². The zero-order valence-corrected chi connectivity index (χ0v) is 10.4. The molecule has 1 heteroatoms. The van der Waals surface area contributed by atoms with Gasteiger partial charge < -0.3 is 0 Å². The number of allylic oxidation sites excluding steroid dienone is 2. The van der Waals surface area contributed by atoms with Crippen LogP contribution < -0.4 is 0 Å². The molecule has 2 aliphatic carbocycles. The molecule has 2 unspecified atom stereocenters. The first-order valence-electron chi connectivity index (χ1n) is 5.73. The van der Waals surface area contributed by atoms with E-state index in [0.29, 0.717) is 11.8 Å². The first-order chi connectivity index (χ1) is 7.83. The second kappa shape index (κ2) is 2.98. The maximum atomic E-state index is 3.69. The molecule has 0 aromatic heterocycles. The third-order valence-electron chi connectivity index (χ3n) is 3.91. The molecule has 0 saturated heterocycles. The molecule has 4 rings (SSSR count). The first kappa shape index (κ1) is 9.00. The number of fused-ring (bicyclic) bond motifs is 6. The Balaban J connectivity index is 2.04. The third kappa shape index (κ3) is 1.04. The van der Waals surface area contributed by atoms with Crippen molar-refractivity contribution in [1.29, 1.82) is 0 Å². The fourth-order valence-corrected chi connectivity index (χ4v) is 3.89. The fraction of sp³-hybridized carbons (Fsp3) is 0.200. The summed E-state index contributed by atoms with van der Waals surface area (Å²) in [5.41, 5.74) is 3.09. The predicted molar refractivity (Wildman–Crippen MR) is 71.1 cm³/mol. The monoisotopic (exact) mass is 270 g/mol. The van der Waals surface area contributed by atoms with Crippen LogP contribution in [0.1, 0.15) is 29.4 Å². The van der Waals surface area contributed by atoms with E-state index in [1.165, 1.54) is 27.2 Å². The molecule has 0 amide bonds. The molecule has 0 spiro atoms. The standard InChI is InChI=1S/C15H11Br/c16-15-8-11-7-14(15)13-6-10-4-2-1-3-9(10)5-12(11)13/h1-6,8,11,14H,7H2. The Labute approximate surface area is 103 Å². The van der Waals surface area contributed by atoms with Crippen molar-refractivity contribution in [3.05, 3.63) is 58.1 Å². The summed E-state index contributed by atoms with van der Waals surface area (Å²) in [6, 6.07) is 13.4. The fourth-order valence-electron chi connectivity index (χ4n) is 3.13. The Bertz CT molecular complexity index is 624. The van der Waals surface area contributed by atoms with E-state index in [0.717, 1.165) is 0 Å². The number of benzene rings is 2. The van der Waals surface area contributed by atoms with Crippen molar-refractivity contribution in [2.45, 2.75) is 18.3 Å². The van der Waals surface area contributed by atoms with Gasteiger partial charge >= 0.3 is 0 Å². The highest BCUT2D eigenvalue weighted by Gasteiger charge is 2.36. The molecule has 0 radical (unpaired) electrons. The van der Waals surface area contributed by atoms with Gasteiger partial charge in [-0.25, -0.2) is 0 Å². The molecule has 2 atom stereocenters. The van der Waals surface area contributed by atoms with E-state index in [1.807, 2.05) is 0 Å².